The Bertz CT molecular complexity index is 411. The van der Waals surface area contributed by atoms with Crippen molar-refractivity contribution in [1.82, 2.24) is 5.32 Å². The summed E-state index contributed by atoms with van der Waals surface area (Å²) < 4.78 is 0. The van der Waals surface area contributed by atoms with Crippen molar-refractivity contribution >= 4 is 17.7 Å². The van der Waals surface area contributed by atoms with Gasteiger partial charge in [-0.3, -0.25) is 4.79 Å². The molecule has 17 heavy (non-hydrogen) atoms. The van der Waals surface area contributed by atoms with E-state index in [1.807, 2.05) is 23.9 Å². The van der Waals surface area contributed by atoms with E-state index in [1.54, 1.807) is 0 Å². The maximum absolute atomic E-state index is 10.7. The molecular formula is C12H16N2O2S. The number of aliphatic hydroxyl groups is 1. The summed E-state index contributed by atoms with van der Waals surface area (Å²) in [4.78, 5) is 10.7. The van der Waals surface area contributed by atoms with Crippen LogP contribution in [0.2, 0.25) is 0 Å². The second kappa shape index (κ2) is 5.53. The van der Waals surface area contributed by atoms with Crippen molar-refractivity contribution < 1.29 is 9.90 Å². The van der Waals surface area contributed by atoms with Crippen molar-refractivity contribution in [3.8, 4) is 0 Å². The fourth-order valence-corrected chi connectivity index (χ4v) is 3.04. The molecule has 1 aromatic carbocycles. The Hall–Kier alpha value is -1.04. The minimum absolute atomic E-state index is 0.180. The van der Waals surface area contributed by atoms with E-state index in [9.17, 15) is 9.90 Å². The lowest BCUT2D eigenvalue weighted by atomic mass is 10.0. The lowest BCUT2D eigenvalue weighted by molar-refractivity contribution is -0.125. The monoisotopic (exact) mass is 252 g/mol. The number of nitrogens with one attached hydrogen (secondary N) is 1. The molecule has 0 fully saturated rings. The van der Waals surface area contributed by atoms with Crippen LogP contribution >= 0.6 is 11.8 Å². The molecule has 5 heteroatoms. The van der Waals surface area contributed by atoms with Crippen LogP contribution in [0.25, 0.3) is 0 Å². The number of hydrogen-bond acceptors (Lipinski definition) is 4. The smallest absolute Gasteiger partial charge is 0.247 e. The minimum atomic E-state index is -1.12. The first-order valence-electron chi connectivity index (χ1n) is 5.55. The summed E-state index contributed by atoms with van der Waals surface area (Å²) in [6.07, 6.45) is -1.12. The molecule has 1 heterocycles. The molecule has 4 N–H and O–H groups in total. The molecule has 4 nitrogen and oxygen atoms in total. The van der Waals surface area contributed by atoms with Crippen molar-refractivity contribution in [1.29, 1.82) is 0 Å². The molecule has 1 amide bonds. The molecule has 0 radical (unpaired) electrons. The number of hydrogen-bond donors (Lipinski definition) is 3. The first-order chi connectivity index (χ1) is 8.18. The molecule has 0 aliphatic carbocycles. The van der Waals surface area contributed by atoms with Crippen LogP contribution < -0.4 is 11.1 Å². The van der Waals surface area contributed by atoms with Crippen LogP contribution in [0.3, 0.4) is 0 Å². The minimum Gasteiger partial charge on any atom is -0.382 e. The van der Waals surface area contributed by atoms with Gasteiger partial charge in [0.15, 0.2) is 0 Å². The first kappa shape index (κ1) is 12.4. The Balaban J connectivity index is 2.01. The van der Waals surface area contributed by atoms with Gasteiger partial charge in [0.25, 0.3) is 0 Å². The molecule has 1 aliphatic heterocycles. The fourth-order valence-electron chi connectivity index (χ4n) is 1.91. The van der Waals surface area contributed by atoms with E-state index in [2.05, 4.69) is 17.4 Å². The number of amides is 1. The third-order valence-corrected chi connectivity index (χ3v) is 3.94. The molecule has 1 aromatic rings. The summed E-state index contributed by atoms with van der Waals surface area (Å²) in [5, 5.41) is 12.5. The number of nitrogens with two attached hydrogens (primary N) is 1. The summed E-state index contributed by atoms with van der Waals surface area (Å²) in [6.45, 7) is 0.203. The van der Waals surface area contributed by atoms with E-state index in [-0.39, 0.29) is 12.6 Å². The van der Waals surface area contributed by atoms with Gasteiger partial charge in [-0.15, -0.1) is 0 Å². The lowest BCUT2D eigenvalue weighted by Gasteiger charge is -2.26. The SMILES string of the molecule is NC(=O)C(O)CNC1CSCc2ccccc21. The Morgan fingerprint density at radius 3 is 3.12 bits per heavy atom. The number of benzene rings is 1. The molecule has 2 atom stereocenters. The molecule has 2 rings (SSSR count). The number of thioether (sulfide) groups is 1. The van der Waals surface area contributed by atoms with Gasteiger partial charge in [-0.1, -0.05) is 24.3 Å². The molecule has 1 aliphatic rings. The van der Waals surface area contributed by atoms with E-state index in [4.69, 9.17) is 5.73 Å². The normalized spacial score (nSPS) is 20.6. The quantitative estimate of drug-likeness (QED) is 0.725. The van der Waals surface area contributed by atoms with Crippen molar-refractivity contribution in [3.63, 3.8) is 0 Å². The molecule has 92 valence electrons. The number of carbonyl (C=O) groups is 1. The van der Waals surface area contributed by atoms with E-state index in [1.165, 1.54) is 11.1 Å². The van der Waals surface area contributed by atoms with Gasteiger partial charge in [0.1, 0.15) is 6.10 Å². The second-order valence-electron chi connectivity index (χ2n) is 4.09. The lowest BCUT2D eigenvalue weighted by Crippen LogP contribution is -2.40. The molecule has 2 unspecified atom stereocenters. The summed E-state index contributed by atoms with van der Waals surface area (Å²) in [5.74, 6) is 1.28. The average Bonchev–Trinajstić information content (AvgIpc) is 2.35. The first-order valence-corrected chi connectivity index (χ1v) is 6.70. The summed E-state index contributed by atoms with van der Waals surface area (Å²) in [7, 11) is 0. The van der Waals surface area contributed by atoms with Crippen LogP contribution in [-0.2, 0) is 10.5 Å². The van der Waals surface area contributed by atoms with Gasteiger partial charge in [-0.2, -0.15) is 11.8 Å². The highest BCUT2D eigenvalue weighted by molar-refractivity contribution is 7.98. The topological polar surface area (TPSA) is 75.4 Å². The largest absolute Gasteiger partial charge is 0.382 e. The predicted octanol–water partition coefficient (Wildman–Crippen LogP) is 0.410. The van der Waals surface area contributed by atoms with E-state index in [0.717, 1.165) is 11.5 Å². The van der Waals surface area contributed by atoms with Crippen LogP contribution in [0, 0.1) is 0 Å². The zero-order valence-electron chi connectivity index (χ0n) is 9.43. The van der Waals surface area contributed by atoms with Gasteiger partial charge >= 0.3 is 0 Å². The van der Waals surface area contributed by atoms with Crippen molar-refractivity contribution in [2.24, 2.45) is 5.73 Å². The Labute approximate surface area is 105 Å². The third kappa shape index (κ3) is 3.00. The number of primary amides is 1. The predicted molar refractivity (Wildman–Crippen MR) is 68.5 cm³/mol. The van der Waals surface area contributed by atoms with E-state index < -0.39 is 12.0 Å². The molecule has 0 saturated heterocycles. The Morgan fingerprint density at radius 1 is 1.59 bits per heavy atom. The van der Waals surface area contributed by atoms with Gasteiger partial charge < -0.3 is 16.2 Å². The molecule has 0 bridgehead atoms. The van der Waals surface area contributed by atoms with Crippen LogP contribution in [0.4, 0.5) is 0 Å². The summed E-state index contributed by atoms with van der Waals surface area (Å²) >= 11 is 1.85. The third-order valence-electron chi connectivity index (χ3n) is 2.86. The number of aliphatic hydroxyl groups excluding tert-OH is 1. The van der Waals surface area contributed by atoms with E-state index in [0.29, 0.717) is 0 Å². The zero-order chi connectivity index (χ0) is 12.3. The van der Waals surface area contributed by atoms with Crippen molar-refractivity contribution in [3.05, 3.63) is 35.4 Å². The van der Waals surface area contributed by atoms with Gasteiger partial charge in [-0.05, 0) is 11.1 Å². The van der Waals surface area contributed by atoms with Crippen molar-refractivity contribution in [2.75, 3.05) is 12.3 Å². The summed E-state index contributed by atoms with van der Waals surface area (Å²) in [6, 6.07) is 8.41. The van der Waals surface area contributed by atoms with E-state index >= 15 is 0 Å². The molecule has 0 aromatic heterocycles. The highest BCUT2D eigenvalue weighted by atomic mass is 32.2. The van der Waals surface area contributed by atoms with Gasteiger partial charge in [0.2, 0.25) is 5.91 Å². The number of fused-ring (bicyclic) bond motifs is 1. The summed E-state index contributed by atoms with van der Waals surface area (Å²) in [5.41, 5.74) is 7.58. The average molecular weight is 252 g/mol. The molecular weight excluding hydrogens is 236 g/mol. The van der Waals surface area contributed by atoms with Crippen LogP contribution in [0.1, 0.15) is 17.2 Å². The van der Waals surface area contributed by atoms with Crippen LogP contribution in [0.15, 0.2) is 24.3 Å². The second-order valence-corrected chi connectivity index (χ2v) is 5.12. The van der Waals surface area contributed by atoms with Gasteiger partial charge in [0, 0.05) is 24.1 Å². The maximum Gasteiger partial charge on any atom is 0.247 e. The molecule has 0 saturated carbocycles. The van der Waals surface area contributed by atoms with Gasteiger partial charge in [0.05, 0.1) is 0 Å². The highest BCUT2D eigenvalue weighted by Gasteiger charge is 2.21. The van der Waals surface area contributed by atoms with Crippen molar-refractivity contribution in [2.45, 2.75) is 17.9 Å². The Kier molecular flexibility index (Phi) is 4.04. The van der Waals surface area contributed by atoms with Crippen LogP contribution in [0.5, 0.6) is 0 Å². The highest BCUT2D eigenvalue weighted by Crippen LogP contribution is 2.31. The standard InChI is InChI=1S/C12H16N2O2S/c13-12(16)11(15)5-14-10-7-17-6-8-3-1-2-4-9(8)10/h1-4,10-11,14-15H,5-7H2,(H2,13,16). The fraction of sp³-hybridized carbons (Fsp3) is 0.417. The Morgan fingerprint density at radius 2 is 2.35 bits per heavy atom. The number of carbonyl (C=O) groups excluding carboxylic acids is 1. The molecule has 0 spiro atoms. The maximum atomic E-state index is 10.7. The van der Waals surface area contributed by atoms with Crippen LogP contribution in [-0.4, -0.2) is 29.4 Å². The number of rotatable bonds is 4. The zero-order valence-corrected chi connectivity index (χ0v) is 10.2. The van der Waals surface area contributed by atoms with Gasteiger partial charge in [-0.25, -0.2) is 0 Å².